The monoisotopic (exact) mass is 190 g/mol. The highest BCUT2D eigenvalue weighted by Crippen LogP contribution is 2.28. The second-order valence-corrected chi connectivity index (χ2v) is 3.43. The fourth-order valence-electron chi connectivity index (χ4n) is 1.76. The molecule has 1 aliphatic rings. The smallest absolute Gasteiger partial charge is 0.191 e. The van der Waals surface area contributed by atoms with E-state index in [2.05, 4.69) is 12.1 Å². The maximum atomic E-state index is 5.38. The van der Waals surface area contributed by atoms with E-state index in [0.717, 1.165) is 6.42 Å². The number of hydrogen-bond donors (Lipinski definition) is 0. The molecule has 0 amide bonds. The van der Waals surface area contributed by atoms with Crippen molar-refractivity contribution in [3.8, 4) is 0 Å². The maximum absolute atomic E-state index is 5.38. The zero-order valence-electron chi connectivity index (χ0n) is 8.49. The summed E-state index contributed by atoms with van der Waals surface area (Å²) in [6.45, 7) is 0. The van der Waals surface area contributed by atoms with Crippen LogP contribution in [0.15, 0.2) is 30.3 Å². The lowest BCUT2D eigenvalue weighted by Crippen LogP contribution is -2.35. The highest BCUT2D eigenvalue weighted by atomic mass is 16.7. The van der Waals surface area contributed by atoms with E-state index in [4.69, 9.17) is 9.47 Å². The van der Waals surface area contributed by atoms with Crippen LogP contribution in [-0.4, -0.2) is 20.0 Å². The molecule has 0 radical (unpaired) electrons. The molecule has 2 nitrogen and oxygen atoms in total. The lowest BCUT2D eigenvalue weighted by atomic mass is 9.93. The van der Waals surface area contributed by atoms with Crippen molar-refractivity contribution in [2.75, 3.05) is 14.2 Å². The van der Waals surface area contributed by atoms with Crippen LogP contribution >= 0.6 is 0 Å². The minimum absolute atomic E-state index is 0.575. The lowest BCUT2D eigenvalue weighted by molar-refractivity contribution is -0.168. The first kappa shape index (κ1) is 9.44. The molecule has 0 fully saturated rings. The number of methoxy groups -OCH3 is 2. The number of benzene rings is 1. The highest BCUT2D eigenvalue weighted by Gasteiger charge is 2.29. The summed E-state index contributed by atoms with van der Waals surface area (Å²) >= 11 is 0. The molecule has 1 aromatic rings. The molecule has 2 heteroatoms. The van der Waals surface area contributed by atoms with Crippen molar-refractivity contribution in [3.05, 3.63) is 41.5 Å². The first-order valence-electron chi connectivity index (χ1n) is 4.67. The summed E-state index contributed by atoms with van der Waals surface area (Å²) in [6.07, 6.45) is 4.79. The van der Waals surface area contributed by atoms with Crippen molar-refractivity contribution in [2.45, 2.75) is 12.2 Å². The highest BCUT2D eigenvalue weighted by molar-refractivity contribution is 5.58. The van der Waals surface area contributed by atoms with Gasteiger partial charge < -0.3 is 9.47 Å². The Morgan fingerprint density at radius 2 is 1.86 bits per heavy atom. The molecule has 0 atom stereocenters. The predicted octanol–water partition coefficient (Wildman–Crippen LogP) is 2.25. The van der Waals surface area contributed by atoms with Gasteiger partial charge in [-0.05, 0) is 17.2 Å². The zero-order valence-corrected chi connectivity index (χ0v) is 8.49. The van der Waals surface area contributed by atoms with E-state index in [1.165, 1.54) is 11.1 Å². The summed E-state index contributed by atoms with van der Waals surface area (Å²) in [5.41, 5.74) is 2.51. The average molecular weight is 190 g/mol. The van der Waals surface area contributed by atoms with E-state index in [-0.39, 0.29) is 0 Å². The van der Waals surface area contributed by atoms with Gasteiger partial charge in [0.1, 0.15) is 0 Å². The summed E-state index contributed by atoms with van der Waals surface area (Å²) < 4.78 is 10.8. The van der Waals surface area contributed by atoms with E-state index in [9.17, 15) is 0 Å². The largest absolute Gasteiger partial charge is 0.349 e. The molecule has 0 unspecified atom stereocenters. The van der Waals surface area contributed by atoms with Crippen LogP contribution in [0.2, 0.25) is 0 Å². The van der Waals surface area contributed by atoms with Crippen molar-refractivity contribution in [1.82, 2.24) is 0 Å². The number of rotatable bonds is 2. The van der Waals surface area contributed by atoms with Crippen LogP contribution in [0, 0.1) is 0 Å². The van der Waals surface area contributed by atoms with Crippen molar-refractivity contribution in [3.63, 3.8) is 0 Å². The molecule has 14 heavy (non-hydrogen) atoms. The van der Waals surface area contributed by atoms with Crippen LogP contribution < -0.4 is 0 Å². The molecule has 0 bridgehead atoms. The first-order valence-corrected chi connectivity index (χ1v) is 4.67. The quantitative estimate of drug-likeness (QED) is 0.666. The zero-order chi connectivity index (χ0) is 10.0. The van der Waals surface area contributed by atoms with E-state index < -0.39 is 5.79 Å². The third-order valence-corrected chi connectivity index (χ3v) is 2.70. The molecular weight excluding hydrogens is 176 g/mol. The Balaban J connectivity index is 2.37. The first-order chi connectivity index (χ1) is 6.79. The van der Waals surface area contributed by atoms with Gasteiger partial charge in [-0.1, -0.05) is 30.3 Å². The Labute approximate surface area is 84.2 Å². The molecule has 2 rings (SSSR count). The normalized spacial score (nSPS) is 17.9. The molecule has 1 aliphatic carbocycles. The Kier molecular flexibility index (Phi) is 2.40. The van der Waals surface area contributed by atoms with E-state index in [0.29, 0.717) is 0 Å². The van der Waals surface area contributed by atoms with Crippen molar-refractivity contribution < 1.29 is 9.47 Å². The molecule has 0 heterocycles. The lowest BCUT2D eigenvalue weighted by Gasteiger charge is -2.31. The number of hydrogen-bond acceptors (Lipinski definition) is 2. The van der Waals surface area contributed by atoms with Gasteiger partial charge in [0.25, 0.3) is 0 Å². The van der Waals surface area contributed by atoms with Crippen LogP contribution in [0.4, 0.5) is 0 Å². The van der Waals surface area contributed by atoms with Gasteiger partial charge >= 0.3 is 0 Å². The molecule has 0 N–H and O–H groups in total. The Hall–Kier alpha value is -1.12. The molecule has 74 valence electrons. The van der Waals surface area contributed by atoms with Crippen molar-refractivity contribution in [1.29, 1.82) is 0 Å². The average Bonchev–Trinajstić information content (AvgIpc) is 2.28. The van der Waals surface area contributed by atoms with Gasteiger partial charge in [-0.15, -0.1) is 0 Å². The van der Waals surface area contributed by atoms with Crippen LogP contribution in [0.1, 0.15) is 11.1 Å². The molecule has 0 saturated heterocycles. The van der Waals surface area contributed by atoms with Gasteiger partial charge in [0.05, 0.1) is 0 Å². The van der Waals surface area contributed by atoms with E-state index in [1.54, 1.807) is 14.2 Å². The van der Waals surface area contributed by atoms with Gasteiger partial charge in [-0.2, -0.15) is 0 Å². The SMILES string of the molecule is COC1(OC)C=Cc2ccccc2C1. The van der Waals surface area contributed by atoms with Crippen molar-refractivity contribution in [2.24, 2.45) is 0 Å². The standard InChI is InChI=1S/C12H14O2/c1-13-12(14-2)8-7-10-5-3-4-6-11(10)9-12/h3-8H,9H2,1-2H3. The summed E-state index contributed by atoms with van der Waals surface area (Å²) in [4.78, 5) is 0. The number of fused-ring (bicyclic) bond motifs is 1. The molecular formula is C12H14O2. The van der Waals surface area contributed by atoms with Gasteiger partial charge in [-0.3, -0.25) is 0 Å². The molecule has 0 saturated carbocycles. The van der Waals surface area contributed by atoms with Gasteiger partial charge in [0, 0.05) is 20.6 Å². The maximum Gasteiger partial charge on any atom is 0.191 e. The third-order valence-electron chi connectivity index (χ3n) is 2.70. The second kappa shape index (κ2) is 3.56. The van der Waals surface area contributed by atoms with Crippen LogP contribution in [-0.2, 0) is 15.9 Å². The van der Waals surface area contributed by atoms with Gasteiger partial charge in [0.15, 0.2) is 5.79 Å². The Morgan fingerprint density at radius 1 is 1.14 bits per heavy atom. The molecule has 0 aromatic heterocycles. The summed E-state index contributed by atoms with van der Waals surface area (Å²) in [5, 5.41) is 0. The third kappa shape index (κ3) is 1.47. The fraction of sp³-hybridized carbons (Fsp3) is 0.333. The van der Waals surface area contributed by atoms with Gasteiger partial charge in [0.2, 0.25) is 0 Å². The van der Waals surface area contributed by atoms with Crippen molar-refractivity contribution >= 4 is 6.08 Å². The Bertz CT molecular complexity index is 351. The summed E-state index contributed by atoms with van der Waals surface area (Å²) in [7, 11) is 3.34. The predicted molar refractivity (Wildman–Crippen MR) is 55.9 cm³/mol. The topological polar surface area (TPSA) is 18.5 Å². The summed E-state index contributed by atoms with van der Waals surface area (Å²) in [5.74, 6) is -0.575. The van der Waals surface area contributed by atoms with Crippen LogP contribution in [0.25, 0.3) is 6.08 Å². The molecule has 1 aromatic carbocycles. The minimum atomic E-state index is -0.575. The minimum Gasteiger partial charge on any atom is -0.349 e. The molecule has 0 aliphatic heterocycles. The van der Waals surface area contributed by atoms with Crippen LogP contribution in [0.5, 0.6) is 0 Å². The van der Waals surface area contributed by atoms with E-state index in [1.807, 2.05) is 24.3 Å². The van der Waals surface area contributed by atoms with E-state index >= 15 is 0 Å². The second-order valence-electron chi connectivity index (χ2n) is 3.43. The Morgan fingerprint density at radius 3 is 2.57 bits per heavy atom. The summed E-state index contributed by atoms with van der Waals surface area (Å²) in [6, 6.07) is 8.27. The number of ether oxygens (including phenoxy) is 2. The molecule has 0 spiro atoms. The van der Waals surface area contributed by atoms with Gasteiger partial charge in [-0.25, -0.2) is 0 Å². The van der Waals surface area contributed by atoms with Crippen LogP contribution in [0.3, 0.4) is 0 Å². The fourth-order valence-corrected chi connectivity index (χ4v) is 1.76.